The number of amides is 1. The number of hydrogen-bond donors (Lipinski definition) is 0. The minimum Gasteiger partial charge on any atom is -0.465 e. The van der Waals surface area contributed by atoms with Crippen molar-refractivity contribution in [3.05, 3.63) is 0 Å². The van der Waals surface area contributed by atoms with E-state index in [0.717, 1.165) is 25.8 Å². The highest BCUT2D eigenvalue weighted by molar-refractivity contribution is 5.86. The summed E-state index contributed by atoms with van der Waals surface area (Å²) in [6.45, 7) is 6.19. The third-order valence-corrected chi connectivity index (χ3v) is 6.07. The normalized spacial score (nSPS) is 16.6. The van der Waals surface area contributed by atoms with E-state index in [1.165, 1.54) is 83.5 Å². The number of ether oxygens (including phenoxy) is 1. The molecule has 1 unspecified atom stereocenters. The predicted molar refractivity (Wildman–Crippen MR) is 121 cm³/mol. The highest BCUT2D eigenvalue weighted by Gasteiger charge is 2.34. The van der Waals surface area contributed by atoms with Crippen LogP contribution in [-0.4, -0.2) is 36.5 Å². The summed E-state index contributed by atoms with van der Waals surface area (Å²) < 4.78 is 5.27. The van der Waals surface area contributed by atoms with Gasteiger partial charge in [-0.2, -0.15) is 0 Å². The van der Waals surface area contributed by atoms with Crippen molar-refractivity contribution < 1.29 is 14.3 Å². The van der Waals surface area contributed by atoms with Gasteiger partial charge < -0.3 is 9.64 Å². The number of nitrogens with zero attached hydrogens (tertiary/aromatic N) is 1. The molecule has 1 aliphatic heterocycles. The maximum absolute atomic E-state index is 12.1. The highest BCUT2D eigenvalue weighted by atomic mass is 16.5. The fourth-order valence-corrected chi connectivity index (χ4v) is 4.08. The second-order valence-corrected chi connectivity index (χ2v) is 8.86. The molecule has 4 heteroatoms. The minimum atomic E-state index is -0.244. The minimum absolute atomic E-state index is 0.122. The molecular weight excluding hydrogens is 362 g/mol. The zero-order valence-electron chi connectivity index (χ0n) is 19.4. The van der Waals surface area contributed by atoms with Gasteiger partial charge in [0.25, 0.3) is 0 Å². The Labute approximate surface area is 180 Å². The van der Waals surface area contributed by atoms with E-state index in [9.17, 15) is 9.59 Å². The molecule has 170 valence electrons. The van der Waals surface area contributed by atoms with Crippen molar-refractivity contribution >= 4 is 11.9 Å². The first-order valence-corrected chi connectivity index (χ1v) is 12.6. The van der Waals surface area contributed by atoms with E-state index < -0.39 is 0 Å². The van der Waals surface area contributed by atoms with E-state index in [1.54, 1.807) is 0 Å². The van der Waals surface area contributed by atoms with Crippen molar-refractivity contribution in [2.24, 2.45) is 5.92 Å². The van der Waals surface area contributed by atoms with E-state index >= 15 is 0 Å². The van der Waals surface area contributed by atoms with Crippen LogP contribution < -0.4 is 0 Å². The average Bonchev–Trinajstić information content (AvgIpc) is 3.09. The lowest BCUT2D eigenvalue weighted by atomic mass is 10.0. The molecule has 0 aromatic carbocycles. The Hall–Kier alpha value is -1.06. The largest absolute Gasteiger partial charge is 0.465 e. The Bertz CT molecular complexity index is 424. The molecule has 1 amide bonds. The number of unbranched alkanes of at least 4 members (excludes halogenated alkanes) is 14. The Kier molecular flexibility index (Phi) is 15.9. The highest BCUT2D eigenvalue weighted by Crippen LogP contribution is 2.20. The van der Waals surface area contributed by atoms with Gasteiger partial charge in [-0.1, -0.05) is 104 Å². The maximum Gasteiger partial charge on any atom is 0.311 e. The molecule has 1 heterocycles. The first-order valence-electron chi connectivity index (χ1n) is 12.6. The van der Waals surface area contributed by atoms with Crippen LogP contribution in [0.5, 0.6) is 0 Å². The van der Waals surface area contributed by atoms with Gasteiger partial charge in [0.1, 0.15) is 0 Å². The fourth-order valence-electron chi connectivity index (χ4n) is 4.08. The van der Waals surface area contributed by atoms with Gasteiger partial charge in [0, 0.05) is 19.5 Å². The van der Waals surface area contributed by atoms with Gasteiger partial charge in [0.15, 0.2) is 0 Å². The van der Waals surface area contributed by atoms with Crippen LogP contribution in [0.4, 0.5) is 0 Å². The molecule has 0 aliphatic carbocycles. The standard InChI is InChI=1S/C25H47NO3/c1-3-5-7-8-9-10-11-12-13-14-15-16-17-18-19-26-22-23(21-24(26)27)25(28)29-20-6-4-2/h23H,3-22H2,1-2H3. The first-order chi connectivity index (χ1) is 14.2. The van der Waals surface area contributed by atoms with Gasteiger partial charge in [-0.25, -0.2) is 0 Å². The van der Waals surface area contributed by atoms with Crippen LogP contribution >= 0.6 is 0 Å². The van der Waals surface area contributed by atoms with Gasteiger partial charge in [-0.15, -0.1) is 0 Å². The molecule has 1 atom stereocenters. The SMILES string of the molecule is CCCCCCCCCCCCCCCCN1CC(C(=O)OCCCC)CC1=O. The molecule has 1 aliphatic rings. The lowest BCUT2D eigenvalue weighted by molar-refractivity contribution is -0.148. The van der Waals surface area contributed by atoms with Crippen LogP contribution in [0, 0.1) is 5.92 Å². The second-order valence-electron chi connectivity index (χ2n) is 8.86. The fraction of sp³-hybridized carbons (Fsp3) is 0.920. The van der Waals surface area contributed by atoms with E-state index in [-0.39, 0.29) is 17.8 Å². The summed E-state index contributed by atoms with van der Waals surface area (Å²) in [5.41, 5.74) is 0. The Morgan fingerprint density at radius 2 is 1.28 bits per heavy atom. The average molecular weight is 410 g/mol. The van der Waals surface area contributed by atoms with Crippen LogP contribution in [0.15, 0.2) is 0 Å². The van der Waals surface area contributed by atoms with Crippen molar-refractivity contribution in [3.8, 4) is 0 Å². The summed E-state index contributed by atoms with van der Waals surface area (Å²) in [6, 6.07) is 0. The molecule has 1 saturated heterocycles. The molecule has 1 fully saturated rings. The lowest BCUT2D eigenvalue weighted by Gasteiger charge is -2.16. The van der Waals surface area contributed by atoms with Gasteiger partial charge in [0.05, 0.1) is 12.5 Å². The Morgan fingerprint density at radius 1 is 0.793 bits per heavy atom. The molecule has 0 spiro atoms. The zero-order chi connectivity index (χ0) is 21.2. The third-order valence-electron chi connectivity index (χ3n) is 6.07. The topological polar surface area (TPSA) is 46.6 Å². The van der Waals surface area contributed by atoms with Crippen molar-refractivity contribution in [2.45, 2.75) is 123 Å². The van der Waals surface area contributed by atoms with Gasteiger partial charge in [-0.05, 0) is 12.8 Å². The predicted octanol–water partition coefficient (Wildman–Crippen LogP) is 6.66. The Balaban J connectivity index is 1.91. The lowest BCUT2D eigenvalue weighted by Crippen LogP contribution is -2.27. The Morgan fingerprint density at radius 3 is 1.79 bits per heavy atom. The molecule has 1 rings (SSSR count). The van der Waals surface area contributed by atoms with Crippen LogP contribution in [0.1, 0.15) is 123 Å². The van der Waals surface area contributed by atoms with Crippen LogP contribution in [-0.2, 0) is 14.3 Å². The molecule has 0 aromatic rings. The molecule has 29 heavy (non-hydrogen) atoms. The van der Waals surface area contributed by atoms with E-state index in [4.69, 9.17) is 4.74 Å². The maximum atomic E-state index is 12.1. The molecular formula is C25H47NO3. The van der Waals surface area contributed by atoms with Crippen LogP contribution in [0.3, 0.4) is 0 Å². The summed E-state index contributed by atoms with van der Waals surface area (Å²) in [5.74, 6) is -0.307. The van der Waals surface area contributed by atoms with E-state index in [1.807, 2.05) is 4.90 Å². The molecule has 0 radical (unpaired) electrons. The summed E-state index contributed by atoms with van der Waals surface area (Å²) >= 11 is 0. The smallest absolute Gasteiger partial charge is 0.311 e. The van der Waals surface area contributed by atoms with E-state index in [2.05, 4.69) is 13.8 Å². The molecule has 0 bridgehead atoms. The van der Waals surface area contributed by atoms with Gasteiger partial charge >= 0.3 is 5.97 Å². The number of esters is 1. The number of carbonyl (C=O) groups is 2. The third kappa shape index (κ3) is 13.0. The molecule has 0 N–H and O–H groups in total. The number of rotatable bonds is 19. The summed E-state index contributed by atoms with van der Waals surface area (Å²) in [5, 5.41) is 0. The van der Waals surface area contributed by atoms with Crippen molar-refractivity contribution in [1.82, 2.24) is 4.90 Å². The first kappa shape index (κ1) is 26.0. The second kappa shape index (κ2) is 17.8. The monoisotopic (exact) mass is 409 g/mol. The van der Waals surface area contributed by atoms with E-state index in [0.29, 0.717) is 19.6 Å². The number of likely N-dealkylation sites (tertiary alicyclic amines) is 1. The summed E-state index contributed by atoms with van der Waals surface area (Å²) in [7, 11) is 0. The number of carbonyl (C=O) groups excluding carboxylic acids is 2. The van der Waals surface area contributed by atoms with Gasteiger partial charge in [-0.3, -0.25) is 9.59 Å². The molecule has 0 saturated carbocycles. The van der Waals surface area contributed by atoms with Crippen molar-refractivity contribution in [1.29, 1.82) is 0 Å². The summed E-state index contributed by atoms with van der Waals surface area (Å²) in [4.78, 5) is 26.0. The quantitative estimate of drug-likeness (QED) is 0.177. The van der Waals surface area contributed by atoms with Crippen LogP contribution in [0.25, 0.3) is 0 Å². The molecule has 4 nitrogen and oxygen atoms in total. The van der Waals surface area contributed by atoms with Crippen molar-refractivity contribution in [3.63, 3.8) is 0 Å². The van der Waals surface area contributed by atoms with Crippen molar-refractivity contribution in [2.75, 3.05) is 19.7 Å². The summed E-state index contributed by atoms with van der Waals surface area (Å²) in [6.07, 6.45) is 21.0. The number of hydrogen-bond acceptors (Lipinski definition) is 3. The molecule has 0 aromatic heterocycles. The zero-order valence-corrected chi connectivity index (χ0v) is 19.4. The van der Waals surface area contributed by atoms with Crippen LogP contribution in [0.2, 0.25) is 0 Å². The van der Waals surface area contributed by atoms with Gasteiger partial charge in [0.2, 0.25) is 5.91 Å².